The first-order valence-corrected chi connectivity index (χ1v) is 8.84. The van der Waals surface area contributed by atoms with Crippen LogP contribution >= 0.6 is 0 Å². The summed E-state index contributed by atoms with van der Waals surface area (Å²) in [7, 11) is 0. The normalized spacial score (nSPS) is 28.1. The van der Waals surface area contributed by atoms with E-state index < -0.39 is 0 Å². The average Bonchev–Trinajstić information content (AvgIpc) is 3.17. The monoisotopic (exact) mass is 316 g/mol. The minimum Gasteiger partial charge on any atom is -0.381 e. The lowest BCUT2D eigenvalue weighted by Crippen LogP contribution is -2.39. The Hall–Kier alpha value is -1.39. The van der Waals surface area contributed by atoms with E-state index in [4.69, 9.17) is 4.74 Å². The van der Waals surface area contributed by atoms with Crippen LogP contribution in [-0.2, 0) is 16.1 Å². The third kappa shape index (κ3) is 4.79. The molecular weight excluding hydrogens is 288 g/mol. The summed E-state index contributed by atoms with van der Waals surface area (Å²) in [6.45, 7) is 6.90. The Labute approximate surface area is 139 Å². The van der Waals surface area contributed by atoms with Crippen molar-refractivity contribution in [2.45, 2.75) is 38.8 Å². The molecule has 0 aromatic heterocycles. The highest BCUT2D eigenvalue weighted by Crippen LogP contribution is 2.20. The minimum atomic E-state index is 0.204. The van der Waals surface area contributed by atoms with E-state index in [1.807, 2.05) is 0 Å². The van der Waals surface area contributed by atoms with Gasteiger partial charge in [-0.3, -0.25) is 9.69 Å². The largest absolute Gasteiger partial charge is 0.381 e. The minimum absolute atomic E-state index is 0.204. The quantitative estimate of drug-likeness (QED) is 0.876. The second kappa shape index (κ2) is 7.93. The van der Waals surface area contributed by atoms with Crippen LogP contribution in [0.3, 0.4) is 0 Å². The second-order valence-corrected chi connectivity index (χ2v) is 7.10. The molecule has 3 rings (SSSR count). The zero-order valence-corrected chi connectivity index (χ0v) is 14.0. The molecule has 1 aromatic rings. The maximum absolute atomic E-state index is 12.2. The van der Waals surface area contributed by atoms with Crippen molar-refractivity contribution in [3.8, 4) is 0 Å². The van der Waals surface area contributed by atoms with Crippen LogP contribution in [0.1, 0.15) is 31.7 Å². The number of amides is 1. The number of carbonyl (C=O) groups excluding carboxylic acids is 1. The van der Waals surface area contributed by atoms with E-state index in [0.29, 0.717) is 18.3 Å². The zero-order valence-electron chi connectivity index (χ0n) is 14.0. The second-order valence-electron chi connectivity index (χ2n) is 7.10. The van der Waals surface area contributed by atoms with Crippen LogP contribution in [0.25, 0.3) is 0 Å². The van der Waals surface area contributed by atoms with Crippen molar-refractivity contribution in [3.63, 3.8) is 0 Å². The van der Waals surface area contributed by atoms with Crippen LogP contribution in [0.15, 0.2) is 30.3 Å². The molecule has 2 saturated heterocycles. The van der Waals surface area contributed by atoms with Crippen LogP contribution in [0.2, 0.25) is 0 Å². The van der Waals surface area contributed by atoms with Crippen LogP contribution in [0, 0.1) is 11.8 Å². The van der Waals surface area contributed by atoms with E-state index in [2.05, 4.69) is 47.5 Å². The highest BCUT2D eigenvalue weighted by Gasteiger charge is 2.30. The topological polar surface area (TPSA) is 41.6 Å². The third-order valence-corrected chi connectivity index (χ3v) is 5.09. The maximum Gasteiger partial charge on any atom is 0.220 e. The number of hydrogen-bond acceptors (Lipinski definition) is 3. The van der Waals surface area contributed by atoms with Crippen molar-refractivity contribution in [2.24, 2.45) is 11.8 Å². The first-order valence-electron chi connectivity index (χ1n) is 8.84. The van der Waals surface area contributed by atoms with Gasteiger partial charge >= 0.3 is 0 Å². The van der Waals surface area contributed by atoms with E-state index in [-0.39, 0.29) is 11.9 Å². The molecule has 0 spiro atoms. The van der Waals surface area contributed by atoms with Gasteiger partial charge in [0.2, 0.25) is 5.91 Å². The van der Waals surface area contributed by atoms with Crippen molar-refractivity contribution in [1.29, 1.82) is 0 Å². The van der Waals surface area contributed by atoms with Crippen molar-refractivity contribution in [3.05, 3.63) is 35.9 Å². The molecule has 4 heteroatoms. The Kier molecular flexibility index (Phi) is 5.68. The molecule has 3 atom stereocenters. The van der Waals surface area contributed by atoms with Gasteiger partial charge in [-0.25, -0.2) is 0 Å². The lowest BCUT2D eigenvalue weighted by Gasteiger charge is -2.18. The van der Waals surface area contributed by atoms with Gasteiger partial charge in [0.1, 0.15) is 0 Å². The summed E-state index contributed by atoms with van der Waals surface area (Å²) < 4.78 is 5.37. The number of rotatable bonds is 6. The molecule has 4 nitrogen and oxygen atoms in total. The van der Waals surface area contributed by atoms with Gasteiger partial charge in [0, 0.05) is 45.3 Å². The van der Waals surface area contributed by atoms with Gasteiger partial charge in [0.25, 0.3) is 0 Å². The number of nitrogens with zero attached hydrogens (tertiary/aromatic N) is 1. The molecule has 23 heavy (non-hydrogen) atoms. The van der Waals surface area contributed by atoms with Gasteiger partial charge in [-0.15, -0.1) is 0 Å². The number of benzene rings is 1. The molecule has 0 saturated carbocycles. The van der Waals surface area contributed by atoms with Crippen LogP contribution in [0.4, 0.5) is 0 Å². The molecular formula is C19H28N2O2. The number of nitrogens with one attached hydrogen (secondary N) is 1. The molecule has 2 aliphatic heterocycles. The van der Waals surface area contributed by atoms with Gasteiger partial charge in [0.15, 0.2) is 0 Å². The fraction of sp³-hybridized carbons (Fsp3) is 0.632. The van der Waals surface area contributed by atoms with Gasteiger partial charge in [-0.1, -0.05) is 37.3 Å². The standard InChI is InChI=1S/C19H28N2O2/c1-15-11-21(12-16-5-3-2-4-6-16)13-18(15)20-19(22)8-7-17-9-10-23-14-17/h2-6,15,17-18H,7-14H2,1H3,(H,20,22)/t15-,17+,18-/m1/s1. The average molecular weight is 316 g/mol. The smallest absolute Gasteiger partial charge is 0.220 e. The van der Waals surface area contributed by atoms with E-state index in [9.17, 15) is 4.79 Å². The predicted octanol–water partition coefficient (Wildman–Crippen LogP) is 2.44. The van der Waals surface area contributed by atoms with Crippen molar-refractivity contribution >= 4 is 5.91 Å². The summed E-state index contributed by atoms with van der Waals surface area (Å²) in [5.41, 5.74) is 1.34. The molecule has 0 bridgehead atoms. The summed E-state index contributed by atoms with van der Waals surface area (Å²) in [6, 6.07) is 10.8. The molecule has 2 fully saturated rings. The number of ether oxygens (including phenoxy) is 1. The molecule has 0 unspecified atom stereocenters. The first-order chi connectivity index (χ1) is 11.2. The summed E-state index contributed by atoms with van der Waals surface area (Å²) in [6.07, 6.45) is 2.70. The molecule has 0 radical (unpaired) electrons. The summed E-state index contributed by atoms with van der Waals surface area (Å²) in [4.78, 5) is 14.6. The predicted molar refractivity (Wildman–Crippen MR) is 91.0 cm³/mol. The lowest BCUT2D eigenvalue weighted by atomic mass is 10.0. The zero-order chi connectivity index (χ0) is 16.1. The first kappa shape index (κ1) is 16.5. The maximum atomic E-state index is 12.2. The third-order valence-electron chi connectivity index (χ3n) is 5.09. The summed E-state index contributed by atoms with van der Waals surface area (Å²) in [5, 5.41) is 3.25. The fourth-order valence-corrected chi connectivity index (χ4v) is 3.65. The van der Waals surface area contributed by atoms with E-state index >= 15 is 0 Å². The molecule has 126 valence electrons. The Balaban J connectivity index is 1.42. The Morgan fingerprint density at radius 2 is 2.13 bits per heavy atom. The van der Waals surface area contributed by atoms with E-state index in [1.165, 1.54) is 5.56 Å². The van der Waals surface area contributed by atoms with Crippen molar-refractivity contribution < 1.29 is 9.53 Å². The van der Waals surface area contributed by atoms with Crippen LogP contribution in [0.5, 0.6) is 0 Å². The number of likely N-dealkylation sites (tertiary alicyclic amines) is 1. The lowest BCUT2D eigenvalue weighted by molar-refractivity contribution is -0.122. The molecule has 2 aliphatic rings. The van der Waals surface area contributed by atoms with E-state index in [0.717, 1.165) is 45.7 Å². The summed E-state index contributed by atoms with van der Waals surface area (Å²) >= 11 is 0. The van der Waals surface area contributed by atoms with Gasteiger partial charge in [0.05, 0.1) is 0 Å². The molecule has 0 aliphatic carbocycles. The SMILES string of the molecule is C[C@@H]1CN(Cc2ccccc2)C[C@H]1NC(=O)CC[C@H]1CCOC1. The number of carbonyl (C=O) groups is 1. The Morgan fingerprint density at radius 1 is 1.30 bits per heavy atom. The summed E-state index contributed by atoms with van der Waals surface area (Å²) in [5.74, 6) is 1.30. The molecule has 1 aromatic carbocycles. The number of hydrogen-bond donors (Lipinski definition) is 1. The van der Waals surface area contributed by atoms with E-state index in [1.54, 1.807) is 0 Å². The molecule has 1 N–H and O–H groups in total. The molecule has 2 heterocycles. The van der Waals surface area contributed by atoms with Gasteiger partial charge < -0.3 is 10.1 Å². The van der Waals surface area contributed by atoms with Crippen molar-refractivity contribution in [2.75, 3.05) is 26.3 Å². The van der Waals surface area contributed by atoms with Gasteiger partial charge in [-0.2, -0.15) is 0 Å². The van der Waals surface area contributed by atoms with Crippen molar-refractivity contribution in [1.82, 2.24) is 10.2 Å². The Bertz CT molecular complexity index is 499. The fourth-order valence-electron chi connectivity index (χ4n) is 3.65. The van der Waals surface area contributed by atoms with Crippen LogP contribution < -0.4 is 5.32 Å². The highest BCUT2D eigenvalue weighted by molar-refractivity contribution is 5.76. The highest BCUT2D eigenvalue weighted by atomic mass is 16.5. The van der Waals surface area contributed by atoms with Crippen LogP contribution in [-0.4, -0.2) is 43.2 Å². The molecule has 1 amide bonds. The Morgan fingerprint density at radius 3 is 2.87 bits per heavy atom. The van der Waals surface area contributed by atoms with Gasteiger partial charge in [-0.05, 0) is 30.2 Å².